The average Bonchev–Trinajstić information content (AvgIpc) is 3.54. The van der Waals surface area contributed by atoms with Gasteiger partial charge in [-0.1, -0.05) is 28.3 Å². The highest BCUT2D eigenvalue weighted by molar-refractivity contribution is 8.01. The van der Waals surface area contributed by atoms with Crippen molar-refractivity contribution in [2.75, 3.05) is 23.8 Å². The molecule has 4 heterocycles. The van der Waals surface area contributed by atoms with E-state index in [9.17, 15) is 24.3 Å². The van der Waals surface area contributed by atoms with E-state index in [1.54, 1.807) is 5.51 Å². The van der Waals surface area contributed by atoms with E-state index in [2.05, 4.69) is 25.7 Å². The van der Waals surface area contributed by atoms with E-state index >= 15 is 0 Å². The first kappa shape index (κ1) is 31.5. The Hall–Kier alpha value is -2.68. The highest BCUT2D eigenvalue weighted by Crippen LogP contribution is 2.41. The molecule has 1 unspecified atom stereocenters. The van der Waals surface area contributed by atoms with Crippen LogP contribution in [0.3, 0.4) is 0 Å². The van der Waals surface area contributed by atoms with Gasteiger partial charge in [0.25, 0.3) is 17.7 Å². The molecule has 0 aliphatic carbocycles. The molecule has 7 N–H and O–H groups in total. The molecule has 4 rings (SSSR count). The van der Waals surface area contributed by atoms with Gasteiger partial charge in [-0.2, -0.15) is 0 Å². The molecule has 2 aliphatic heterocycles. The van der Waals surface area contributed by atoms with Crippen LogP contribution < -0.4 is 22.3 Å². The summed E-state index contributed by atoms with van der Waals surface area (Å²) in [7, 11) is 0. The molecule has 1 fully saturated rings. The maximum atomic E-state index is 13.0. The van der Waals surface area contributed by atoms with Crippen LogP contribution in [0.15, 0.2) is 31.7 Å². The minimum atomic E-state index is -1.24. The van der Waals surface area contributed by atoms with Crippen LogP contribution in [0.25, 0.3) is 0 Å². The molecule has 3 amide bonds. The van der Waals surface area contributed by atoms with Crippen molar-refractivity contribution in [1.82, 2.24) is 30.8 Å². The van der Waals surface area contributed by atoms with Gasteiger partial charge in [0.05, 0.1) is 0 Å². The number of β-lactam (4-membered cyclic amide) rings is 1. The first-order valence-electron chi connectivity index (χ1n) is 9.80. The van der Waals surface area contributed by atoms with E-state index in [-0.39, 0.29) is 47.0 Å². The molecular formula is C17H19Cl2N9O6S4. The van der Waals surface area contributed by atoms with E-state index in [1.165, 1.54) is 40.2 Å². The number of oxime groups is 1. The molecule has 0 saturated carbocycles. The minimum Gasteiger partial charge on any atom is -0.477 e. The fourth-order valence-corrected chi connectivity index (χ4v) is 6.70. The molecule has 0 radical (unpaired) electrons. The number of fused-ring (bicyclic) bond motifs is 1. The Bertz CT molecular complexity index is 1260. The lowest BCUT2D eigenvalue weighted by molar-refractivity contribution is -0.150. The number of hydrogen-bond donors (Lipinski definition) is 5. The van der Waals surface area contributed by atoms with Crippen LogP contribution in [-0.4, -0.2) is 84.1 Å². The minimum absolute atomic E-state index is 0. The number of nitrogens with one attached hydrogen (secondary N) is 2. The highest BCUT2D eigenvalue weighted by Gasteiger charge is 2.54. The third-order valence-electron chi connectivity index (χ3n) is 4.74. The number of nitrogens with two attached hydrogens (primary N) is 2. The standard InChI is InChI=1S/C17H17N9O6S4.2ClH/c18-16-21-7(4-34-16)9(25-32-1-8(27)23-19)12(28)22-10-13(29)26-11(15(30)31)6(2-33-14(10)26)3-35-17-24-20-5-36-17;;/h4-5,10,14H,1-3,19H2,(H2,18,21)(H,22,28)(H,23,27)(H,30,31);2*1H/b25-9+;;/t10?,14-;;/m1../s1. The van der Waals surface area contributed by atoms with E-state index in [0.717, 1.165) is 16.2 Å². The van der Waals surface area contributed by atoms with Gasteiger partial charge in [0, 0.05) is 16.9 Å². The zero-order valence-electron chi connectivity index (χ0n) is 18.8. The number of thioether (sulfide) groups is 2. The number of nitrogens with zero attached hydrogens (tertiary/aromatic N) is 5. The van der Waals surface area contributed by atoms with E-state index < -0.39 is 41.7 Å². The molecular weight excluding hydrogens is 625 g/mol. The van der Waals surface area contributed by atoms with Gasteiger partial charge in [0.1, 0.15) is 28.3 Å². The summed E-state index contributed by atoms with van der Waals surface area (Å²) in [4.78, 5) is 59.2. The molecule has 2 atom stereocenters. The largest absolute Gasteiger partial charge is 0.477 e. The summed E-state index contributed by atoms with van der Waals surface area (Å²) < 4.78 is 0.681. The van der Waals surface area contributed by atoms with Crippen molar-refractivity contribution in [3.8, 4) is 0 Å². The Morgan fingerprint density at radius 1 is 1.32 bits per heavy atom. The van der Waals surface area contributed by atoms with Gasteiger partial charge in [0.15, 0.2) is 21.8 Å². The van der Waals surface area contributed by atoms with Gasteiger partial charge >= 0.3 is 5.97 Å². The number of nitrogen functional groups attached to an aromatic ring is 1. The predicted molar refractivity (Wildman–Crippen MR) is 146 cm³/mol. The molecule has 21 heteroatoms. The van der Waals surface area contributed by atoms with E-state index in [1.807, 2.05) is 5.43 Å². The lowest BCUT2D eigenvalue weighted by Gasteiger charge is -2.49. The van der Waals surface area contributed by atoms with Crippen molar-refractivity contribution >= 4 is 106 Å². The molecule has 2 aliphatic rings. The monoisotopic (exact) mass is 643 g/mol. The summed E-state index contributed by atoms with van der Waals surface area (Å²) in [6, 6.07) is -1.01. The number of rotatable bonds is 10. The Morgan fingerprint density at radius 3 is 2.68 bits per heavy atom. The van der Waals surface area contributed by atoms with Gasteiger partial charge in [-0.15, -0.1) is 58.1 Å². The maximum Gasteiger partial charge on any atom is 0.352 e. The zero-order chi connectivity index (χ0) is 25.8. The number of carbonyl (C=O) groups is 4. The highest BCUT2D eigenvalue weighted by atomic mass is 35.5. The summed E-state index contributed by atoms with van der Waals surface area (Å²) >= 11 is 5.03. The normalized spacial score (nSPS) is 18.4. The van der Waals surface area contributed by atoms with Crippen molar-refractivity contribution in [3.05, 3.63) is 27.9 Å². The smallest absolute Gasteiger partial charge is 0.352 e. The van der Waals surface area contributed by atoms with Gasteiger partial charge in [-0.25, -0.2) is 15.6 Å². The summed E-state index contributed by atoms with van der Waals surface area (Å²) in [5.74, 6) is 2.33. The maximum absolute atomic E-state index is 13.0. The van der Waals surface area contributed by atoms with Crippen molar-refractivity contribution in [3.63, 3.8) is 0 Å². The molecule has 0 bridgehead atoms. The predicted octanol–water partition coefficient (Wildman–Crippen LogP) is -0.338. The summed E-state index contributed by atoms with van der Waals surface area (Å²) in [6.07, 6.45) is 0. The summed E-state index contributed by atoms with van der Waals surface area (Å²) in [5, 5.41) is 24.7. The molecule has 0 spiro atoms. The Kier molecular flexibility index (Phi) is 11.6. The van der Waals surface area contributed by atoms with Crippen molar-refractivity contribution in [2.24, 2.45) is 11.0 Å². The van der Waals surface area contributed by atoms with Crippen molar-refractivity contribution in [1.29, 1.82) is 0 Å². The fraction of sp³-hybridized carbons (Fsp3) is 0.294. The SMILES string of the molecule is Cl.Cl.NNC(=O)CO/N=C(/C(=O)NC1C(=O)N2C(C(=O)O)=C(CSc3nncs3)CS[C@H]12)c1csc(N)n1. The second kappa shape index (κ2) is 13.9. The first-order valence-corrected chi connectivity index (χ1v) is 13.6. The number of halogens is 2. The number of hydrazine groups is 1. The van der Waals surface area contributed by atoms with Crippen molar-refractivity contribution < 1.29 is 29.1 Å². The molecule has 15 nitrogen and oxygen atoms in total. The van der Waals surface area contributed by atoms with Gasteiger partial charge < -0.3 is 21.0 Å². The van der Waals surface area contributed by atoms with E-state index in [0.29, 0.717) is 21.4 Å². The molecule has 1 saturated heterocycles. The molecule has 206 valence electrons. The Morgan fingerprint density at radius 2 is 2.08 bits per heavy atom. The van der Waals surface area contributed by atoms with Crippen LogP contribution in [0.4, 0.5) is 5.13 Å². The third-order valence-corrected chi connectivity index (χ3v) is 8.70. The van der Waals surface area contributed by atoms with Crippen molar-refractivity contribution in [2.45, 2.75) is 15.8 Å². The Balaban J connectivity index is 0.00000253. The lowest BCUT2D eigenvalue weighted by atomic mass is 10.0. The molecule has 0 aromatic carbocycles. The molecule has 2 aromatic rings. The first-order chi connectivity index (χ1) is 17.3. The number of carboxylic acids is 1. The number of aromatic nitrogens is 3. The quantitative estimate of drug-likeness (QED) is 0.0558. The number of aliphatic carboxylic acids is 1. The molecule has 2 aromatic heterocycles. The second-order valence-electron chi connectivity index (χ2n) is 6.96. The third kappa shape index (κ3) is 6.84. The number of amides is 3. The second-order valence-corrected chi connectivity index (χ2v) is 11.0. The topological polar surface area (TPSA) is 228 Å². The van der Waals surface area contributed by atoms with Crippen LogP contribution in [0.1, 0.15) is 5.69 Å². The Labute approximate surface area is 243 Å². The number of anilines is 1. The van der Waals surface area contributed by atoms with Crippen LogP contribution in [0, 0.1) is 0 Å². The number of carbonyl (C=O) groups excluding carboxylic acids is 3. The zero-order valence-corrected chi connectivity index (χ0v) is 23.7. The van der Waals surface area contributed by atoms with Crippen LogP contribution in [0.2, 0.25) is 0 Å². The number of hydrogen-bond acceptors (Lipinski definition) is 15. The van der Waals surface area contributed by atoms with Crippen LogP contribution in [0.5, 0.6) is 0 Å². The summed E-state index contributed by atoms with van der Waals surface area (Å²) in [6.45, 7) is -0.563. The number of carboxylic acid groups (broad SMARTS) is 1. The number of thiazole rings is 1. The fourth-order valence-electron chi connectivity index (χ4n) is 3.18. The van der Waals surface area contributed by atoms with Crippen LogP contribution in [-0.2, 0) is 24.0 Å². The van der Waals surface area contributed by atoms with Crippen LogP contribution >= 0.6 is 71.0 Å². The molecule has 38 heavy (non-hydrogen) atoms. The van der Waals surface area contributed by atoms with Gasteiger partial charge in [0.2, 0.25) is 0 Å². The van der Waals surface area contributed by atoms with E-state index in [4.69, 9.17) is 16.4 Å². The average molecular weight is 645 g/mol. The van der Waals surface area contributed by atoms with Gasteiger partial charge in [-0.05, 0) is 5.57 Å². The summed E-state index contributed by atoms with van der Waals surface area (Å²) in [5.41, 5.74) is 9.28. The van der Waals surface area contributed by atoms with Gasteiger partial charge in [-0.3, -0.25) is 24.7 Å². The lowest BCUT2D eigenvalue weighted by Crippen LogP contribution is -2.71.